The van der Waals surface area contributed by atoms with Gasteiger partial charge < -0.3 is 14.9 Å². The van der Waals surface area contributed by atoms with Crippen molar-refractivity contribution in [1.82, 2.24) is 4.31 Å². The summed E-state index contributed by atoms with van der Waals surface area (Å²) in [5, 5.41) is 18.4. The Bertz CT molecular complexity index is 657. The van der Waals surface area contributed by atoms with E-state index in [1.54, 1.807) is 13.8 Å². The number of aromatic hydroxyl groups is 1. The molecule has 2 rings (SSSR count). The number of morpholine rings is 1. The molecule has 0 bridgehead atoms. The van der Waals surface area contributed by atoms with Crippen LogP contribution in [0.1, 0.15) is 24.2 Å². The molecule has 1 aromatic carbocycles. The summed E-state index contributed by atoms with van der Waals surface area (Å²) in [5.74, 6) is -1.85. The molecule has 1 saturated heterocycles. The standard InChI is InChI=1S/C13H17NO6S/c1-8-7-20-9(2)6-14(8)21(18,19)10-3-4-12(15)11(5-10)13(16)17/h3-5,8-9,15H,6-7H2,1-2H3,(H,16,17). The number of rotatable bonds is 3. The molecular weight excluding hydrogens is 298 g/mol. The van der Waals surface area contributed by atoms with Gasteiger partial charge in [0.25, 0.3) is 0 Å². The van der Waals surface area contributed by atoms with Gasteiger partial charge in [-0.2, -0.15) is 4.31 Å². The number of ether oxygens (including phenoxy) is 1. The van der Waals surface area contributed by atoms with Gasteiger partial charge >= 0.3 is 5.97 Å². The van der Waals surface area contributed by atoms with Crippen molar-refractivity contribution in [3.63, 3.8) is 0 Å². The third-order valence-corrected chi connectivity index (χ3v) is 5.33. The van der Waals surface area contributed by atoms with Crippen molar-refractivity contribution in [3.8, 4) is 5.75 Å². The number of hydrogen-bond acceptors (Lipinski definition) is 5. The van der Waals surface area contributed by atoms with Gasteiger partial charge in [0.05, 0.1) is 17.6 Å². The van der Waals surface area contributed by atoms with Gasteiger partial charge in [0, 0.05) is 12.6 Å². The molecule has 1 fully saturated rings. The molecule has 7 nitrogen and oxygen atoms in total. The first-order chi connectivity index (χ1) is 9.73. The van der Waals surface area contributed by atoms with E-state index >= 15 is 0 Å². The topological polar surface area (TPSA) is 104 Å². The van der Waals surface area contributed by atoms with Crippen LogP contribution in [0.3, 0.4) is 0 Å². The molecule has 21 heavy (non-hydrogen) atoms. The van der Waals surface area contributed by atoms with Gasteiger partial charge in [-0.15, -0.1) is 0 Å². The maximum atomic E-state index is 12.6. The van der Waals surface area contributed by atoms with Gasteiger partial charge in [-0.3, -0.25) is 0 Å². The average molecular weight is 315 g/mol. The smallest absolute Gasteiger partial charge is 0.339 e. The highest BCUT2D eigenvalue weighted by Crippen LogP contribution is 2.26. The summed E-state index contributed by atoms with van der Waals surface area (Å²) in [5.41, 5.74) is -0.440. The van der Waals surface area contributed by atoms with Crippen LogP contribution >= 0.6 is 0 Å². The SMILES string of the molecule is CC1CN(S(=O)(=O)c2ccc(O)c(C(=O)O)c2)C(C)CO1. The average Bonchev–Trinajstić information content (AvgIpc) is 2.41. The maximum absolute atomic E-state index is 12.6. The Morgan fingerprint density at radius 3 is 2.67 bits per heavy atom. The first-order valence-corrected chi connectivity index (χ1v) is 7.87. The monoisotopic (exact) mass is 315 g/mol. The van der Waals surface area contributed by atoms with Crippen LogP contribution in [-0.2, 0) is 14.8 Å². The van der Waals surface area contributed by atoms with Gasteiger partial charge in [-0.25, -0.2) is 13.2 Å². The molecule has 0 saturated carbocycles. The highest BCUT2D eigenvalue weighted by Gasteiger charge is 2.34. The van der Waals surface area contributed by atoms with E-state index in [1.165, 1.54) is 10.4 Å². The Hall–Kier alpha value is -1.64. The lowest BCUT2D eigenvalue weighted by molar-refractivity contribution is -0.0170. The second-order valence-electron chi connectivity index (χ2n) is 5.05. The minimum atomic E-state index is -3.84. The zero-order chi connectivity index (χ0) is 15.8. The second kappa shape index (κ2) is 5.63. The van der Waals surface area contributed by atoms with Crippen LogP contribution in [0.4, 0.5) is 0 Å². The van der Waals surface area contributed by atoms with Gasteiger partial charge in [0.15, 0.2) is 0 Å². The number of hydrogen-bond donors (Lipinski definition) is 2. The lowest BCUT2D eigenvalue weighted by Crippen LogP contribution is -2.50. The predicted molar refractivity (Wildman–Crippen MR) is 73.8 cm³/mol. The summed E-state index contributed by atoms with van der Waals surface area (Å²) in [6.45, 7) is 3.98. The van der Waals surface area contributed by atoms with Crippen molar-refractivity contribution in [3.05, 3.63) is 23.8 Å². The largest absolute Gasteiger partial charge is 0.507 e. The fourth-order valence-corrected chi connectivity index (χ4v) is 3.91. The Morgan fingerprint density at radius 1 is 1.38 bits per heavy atom. The molecule has 2 unspecified atom stereocenters. The van der Waals surface area contributed by atoms with Gasteiger partial charge in [-0.1, -0.05) is 0 Å². The van der Waals surface area contributed by atoms with E-state index in [4.69, 9.17) is 9.84 Å². The summed E-state index contributed by atoms with van der Waals surface area (Å²) < 4.78 is 31.9. The van der Waals surface area contributed by atoms with E-state index in [0.29, 0.717) is 0 Å². The van der Waals surface area contributed by atoms with E-state index in [9.17, 15) is 18.3 Å². The Balaban J connectivity index is 2.44. The fraction of sp³-hybridized carbons (Fsp3) is 0.462. The molecule has 1 heterocycles. The number of carboxylic acids is 1. The molecule has 0 aromatic heterocycles. The molecule has 1 aliphatic heterocycles. The lowest BCUT2D eigenvalue weighted by atomic mass is 10.2. The molecule has 1 aliphatic rings. The summed E-state index contributed by atoms with van der Waals surface area (Å²) in [7, 11) is -3.84. The van der Waals surface area contributed by atoms with Crippen LogP contribution in [0.5, 0.6) is 5.75 Å². The van der Waals surface area contributed by atoms with Gasteiger partial charge in [0.2, 0.25) is 10.0 Å². The van der Waals surface area contributed by atoms with E-state index in [0.717, 1.165) is 12.1 Å². The Morgan fingerprint density at radius 2 is 2.05 bits per heavy atom. The summed E-state index contributed by atoms with van der Waals surface area (Å²) in [4.78, 5) is 10.9. The molecule has 0 spiro atoms. The molecule has 0 amide bonds. The molecular formula is C13H17NO6S. The number of benzene rings is 1. The normalized spacial score (nSPS) is 23.9. The zero-order valence-corrected chi connectivity index (χ0v) is 12.5. The molecule has 2 atom stereocenters. The van der Waals surface area contributed by atoms with Crippen molar-refractivity contribution in [1.29, 1.82) is 0 Å². The molecule has 8 heteroatoms. The zero-order valence-electron chi connectivity index (χ0n) is 11.7. The first-order valence-electron chi connectivity index (χ1n) is 6.43. The number of aromatic carboxylic acids is 1. The number of carbonyl (C=O) groups is 1. The van der Waals surface area contributed by atoms with E-state index in [1.807, 2.05) is 0 Å². The van der Waals surface area contributed by atoms with Crippen molar-refractivity contribution in [2.24, 2.45) is 0 Å². The van der Waals surface area contributed by atoms with Gasteiger partial charge in [0.1, 0.15) is 11.3 Å². The minimum absolute atomic E-state index is 0.154. The highest BCUT2D eigenvalue weighted by atomic mass is 32.2. The number of sulfonamides is 1. The molecule has 0 radical (unpaired) electrons. The van der Waals surface area contributed by atoms with Crippen LogP contribution in [0.2, 0.25) is 0 Å². The second-order valence-corrected chi connectivity index (χ2v) is 6.94. The molecule has 116 valence electrons. The van der Waals surface area contributed by atoms with Crippen molar-refractivity contribution >= 4 is 16.0 Å². The fourth-order valence-electron chi connectivity index (χ4n) is 2.19. The minimum Gasteiger partial charge on any atom is -0.507 e. The quantitative estimate of drug-likeness (QED) is 0.858. The summed E-state index contributed by atoms with van der Waals surface area (Å²) in [6, 6.07) is 2.91. The van der Waals surface area contributed by atoms with E-state index in [-0.39, 0.29) is 30.2 Å². The third kappa shape index (κ3) is 3.02. The number of nitrogens with zero attached hydrogens (tertiary/aromatic N) is 1. The van der Waals surface area contributed by atoms with Gasteiger partial charge in [-0.05, 0) is 32.0 Å². The number of phenols is 1. The van der Waals surface area contributed by atoms with E-state index in [2.05, 4.69) is 0 Å². The summed E-state index contributed by atoms with van der Waals surface area (Å²) in [6.07, 6.45) is -0.230. The predicted octanol–water partition coefficient (Wildman–Crippen LogP) is 0.888. The van der Waals surface area contributed by atoms with Crippen LogP contribution in [0, 0.1) is 0 Å². The van der Waals surface area contributed by atoms with Crippen molar-refractivity contribution in [2.75, 3.05) is 13.2 Å². The number of carboxylic acid groups (broad SMARTS) is 1. The molecule has 0 aliphatic carbocycles. The molecule has 1 aromatic rings. The van der Waals surface area contributed by atoms with E-state index < -0.39 is 27.3 Å². The van der Waals surface area contributed by atoms with Crippen LogP contribution in [0.15, 0.2) is 23.1 Å². The van der Waals surface area contributed by atoms with Crippen LogP contribution in [0.25, 0.3) is 0 Å². The van der Waals surface area contributed by atoms with Crippen molar-refractivity contribution in [2.45, 2.75) is 30.9 Å². The van der Waals surface area contributed by atoms with Crippen molar-refractivity contribution < 1.29 is 28.2 Å². The third-order valence-electron chi connectivity index (χ3n) is 3.36. The maximum Gasteiger partial charge on any atom is 0.339 e. The molecule has 2 N–H and O–H groups in total. The first kappa shape index (κ1) is 15.7. The Labute approximate surface area is 122 Å². The van der Waals surface area contributed by atoms with Crippen LogP contribution < -0.4 is 0 Å². The van der Waals surface area contributed by atoms with Crippen LogP contribution in [-0.4, -0.2) is 54.2 Å². The Kier molecular flexibility index (Phi) is 4.22. The lowest BCUT2D eigenvalue weighted by Gasteiger charge is -2.35. The highest BCUT2D eigenvalue weighted by molar-refractivity contribution is 7.89. The summed E-state index contributed by atoms with van der Waals surface area (Å²) >= 11 is 0.